The zero-order valence-electron chi connectivity index (χ0n) is 10.2. The maximum atomic E-state index is 5.91. The molecule has 16 heavy (non-hydrogen) atoms. The van der Waals surface area contributed by atoms with E-state index in [1.165, 1.54) is 0 Å². The van der Waals surface area contributed by atoms with Crippen LogP contribution in [0.1, 0.15) is 20.3 Å². The molecule has 1 aliphatic carbocycles. The number of para-hydroxylation sites is 2. The molecule has 0 saturated heterocycles. The molecule has 0 spiro atoms. The quantitative estimate of drug-likeness (QED) is 0.769. The maximum Gasteiger partial charge on any atom is 0.0661 e. The molecule has 1 aromatic carbocycles. The summed E-state index contributed by atoms with van der Waals surface area (Å²) in [4.78, 5) is 0. The highest BCUT2D eigenvalue weighted by molar-refractivity contribution is 5.66. The van der Waals surface area contributed by atoms with Crippen LogP contribution in [-0.2, 0) is 4.74 Å². The lowest BCUT2D eigenvalue weighted by Gasteiger charge is -2.51. The third-order valence-corrected chi connectivity index (χ3v) is 3.75. The Bertz CT molecular complexity index is 376. The Labute approximate surface area is 97.0 Å². The summed E-state index contributed by atoms with van der Waals surface area (Å²) in [6.07, 6.45) is 1.38. The van der Waals surface area contributed by atoms with Gasteiger partial charge in [-0.05, 0) is 18.6 Å². The number of benzene rings is 1. The molecule has 1 saturated carbocycles. The fourth-order valence-corrected chi connectivity index (χ4v) is 2.35. The van der Waals surface area contributed by atoms with E-state index < -0.39 is 0 Å². The summed E-state index contributed by atoms with van der Waals surface area (Å²) in [6, 6.07) is 8.32. The summed E-state index contributed by atoms with van der Waals surface area (Å²) >= 11 is 0. The van der Waals surface area contributed by atoms with E-state index in [-0.39, 0.29) is 5.41 Å². The summed E-state index contributed by atoms with van der Waals surface area (Å²) in [5, 5.41) is 3.50. The van der Waals surface area contributed by atoms with Crippen LogP contribution in [0.2, 0.25) is 0 Å². The van der Waals surface area contributed by atoms with Crippen molar-refractivity contribution in [3.63, 3.8) is 0 Å². The van der Waals surface area contributed by atoms with Crippen molar-refractivity contribution in [1.82, 2.24) is 0 Å². The van der Waals surface area contributed by atoms with E-state index in [0.717, 1.165) is 17.8 Å². The van der Waals surface area contributed by atoms with Crippen LogP contribution in [0.4, 0.5) is 11.4 Å². The molecule has 2 rings (SSSR count). The van der Waals surface area contributed by atoms with Gasteiger partial charge in [-0.3, -0.25) is 0 Å². The standard InChI is InChI=1S/C13H20N2O/c1-13(2)11(8-12(13)16-3)15-10-7-5-4-6-9(10)14/h4-7,11-12,15H,8,14H2,1-3H3. The Morgan fingerprint density at radius 2 is 2.06 bits per heavy atom. The van der Waals surface area contributed by atoms with Gasteiger partial charge < -0.3 is 15.8 Å². The van der Waals surface area contributed by atoms with Crippen molar-refractivity contribution in [2.75, 3.05) is 18.2 Å². The molecule has 2 atom stereocenters. The second-order valence-corrected chi connectivity index (χ2v) is 5.07. The SMILES string of the molecule is COC1CC(Nc2ccccc2N)C1(C)C. The van der Waals surface area contributed by atoms with Crippen LogP contribution < -0.4 is 11.1 Å². The van der Waals surface area contributed by atoms with Crippen LogP contribution in [0.3, 0.4) is 0 Å². The fraction of sp³-hybridized carbons (Fsp3) is 0.538. The molecular formula is C13H20N2O. The molecular weight excluding hydrogens is 200 g/mol. The first kappa shape index (κ1) is 11.3. The van der Waals surface area contributed by atoms with E-state index in [1.807, 2.05) is 24.3 Å². The lowest BCUT2D eigenvalue weighted by atomic mass is 9.64. The van der Waals surface area contributed by atoms with Crippen molar-refractivity contribution in [1.29, 1.82) is 0 Å². The second kappa shape index (κ2) is 3.98. The number of rotatable bonds is 3. The Hall–Kier alpha value is -1.22. The van der Waals surface area contributed by atoms with Gasteiger partial charge in [0.1, 0.15) is 0 Å². The van der Waals surface area contributed by atoms with Crippen molar-refractivity contribution in [2.24, 2.45) is 5.41 Å². The highest BCUT2D eigenvalue weighted by Crippen LogP contribution is 2.44. The summed E-state index contributed by atoms with van der Waals surface area (Å²) in [7, 11) is 1.78. The summed E-state index contributed by atoms with van der Waals surface area (Å²) in [5.74, 6) is 0. The molecule has 0 heterocycles. The molecule has 1 aromatic rings. The van der Waals surface area contributed by atoms with E-state index in [1.54, 1.807) is 7.11 Å². The zero-order valence-corrected chi connectivity index (χ0v) is 10.2. The van der Waals surface area contributed by atoms with Crippen molar-refractivity contribution in [2.45, 2.75) is 32.4 Å². The Kier molecular flexibility index (Phi) is 2.80. The van der Waals surface area contributed by atoms with Gasteiger partial charge in [-0.15, -0.1) is 0 Å². The van der Waals surface area contributed by atoms with Gasteiger partial charge in [0.05, 0.1) is 17.5 Å². The van der Waals surface area contributed by atoms with Gasteiger partial charge in [0.15, 0.2) is 0 Å². The third kappa shape index (κ3) is 1.76. The molecule has 3 heteroatoms. The number of nitrogens with two attached hydrogens (primary N) is 1. The molecule has 0 amide bonds. The summed E-state index contributed by atoms with van der Waals surface area (Å²) in [6.45, 7) is 4.45. The average molecular weight is 220 g/mol. The predicted octanol–water partition coefficient (Wildman–Crippen LogP) is 2.49. The molecule has 1 fully saturated rings. The molecule has 3 N–H and O–H groups in total. The minimum Gasteiger partial charge on any atom is -0.397 e. The van der Waals surface area contributed by atoms with E-state index in [0.29, 0.717) is 12.1 Å². The fourth-order valence-electron chi connectivity index (χ4n) is 2.35. The number of hydrogen-bond acceptors (Lipinski definition) is 3. The van der Waals surface area contributed by atoms with Gasteiger partial charge in [-0.2, -0.15) is 0 Å². The molecule has 0 aliphatic heterocycles. The summed E-state index contributed by atoms with van der Waals surface area (Å²) in [5.41, 5.74) is 7.90. The Balaban J connectivity index is 2.05. The van der Waals surface area contributed by atoms with Crippen LogP contribution in [0.5, 0.6) is 0 Å². The lowest BCUT2D eigenvalue weighted by Crippen LogP contribution is -2.57. The monoisotopic (exact) mass is 220 g/mol. The molecule has 0 bridgehead atoms. The molecule has 0 aromatic heterocycles. The topological polar surface area (TPSA) is 47.3 Å². The first-order chi connectivity index (χ1) is 7.55. The van der Waals surface area contributed by atoms with E-state index in [2.05, 4.69) is 19.2 Å². The highest BCUT2D eigenvalue weighted by atomic mass is 16.5. The van der Waals surface area contributed by atoms with E-state index >= 15 is 0 Å². The highest BCUT2D eigenvalue weighted by Gasteiger charge is 2.48. The maximum absolute atomic E-state index is 5.91. The van der Waals surface area contributed by atoms with Crippen LogP contribution in [0.15, 0.2) is 24.3 Å². The normalized spacial score (nSPS) is 27.2. The number of nitrogens with one attached hydrogen (secondary N) is 1. The van der Waals surface area contributed by atoms with Gasteiger partial charge in [0.25, 0.3) is 0 Å². The van der Waals surface area contributed by atoms with Gasteiger partial charge in [-0.1, -0.05) is 26.0 Å². The van der Waals surface area contributed by atoms with Crippen molar-refractivity contribution in [3.05, 3.63) is 24.3 Å². The smallest absolute Gasteiger partial charge is 0.0661 e. The number of methoxy groups -OCH3 is 1. The number of nitrogen functional groups attached to an aromatic ring is 1. The minimum absolute atomic E-state index is 0.164. The van der Waals surface area contributed by atoms with Gasteiger partial charge in [0, 0.05) is 18.6 Å². The zero-order chi connectivity index (χ0) is 11.8. The second-order valence-electron chi connectivity index (χ2n) is 5.07. The largest absolute Gasteiger partial charge is 0.397 e. The number of anilines is 2. The molecule has 1 aliphatic rings. The Morgan fingerprint density at radius 1 is 1.38 bits per heavy atom. The van der Waals surface area contributed by atoms with Crippen LogP contribution in [0, 0.1) is 5.41 Å². The number of hydrogen-bond donors (Lipinski definition) is 2. The summed E-state index contributed by atoms with van der Waals surface area (Å²) < 4.78 is 5.43. The first-order valence-corrected chi connectivity index (χ1v) is 5.69. The first-order valence-electron chi connectivity index (χ1n) is 5.69. The number of ether oxygens (including phenoxy) is 1. The predicted molar refractivity (Wildman–Crippen MR) is 67.5 cm³/mol. The van der Waals surface area contributed by atoms with Crippen LogP contribution in [-0.4, -0.2) is 19.3 Å². The van der Waals surface area contributed by atoms with Crippen molar-refractivity contribution in [3.8, 4) is 0 Å². The molecule has 2 unspecified atom stereocenters. The molecule has 0 radical (unpaired) electrons. The van der Waals surface area contributed by atoms with Crippen molar-refractivity contribution >= 4 is 11.4 Å². The van der Waals surface area contributed by atoms with E-state index in [9.17, 15) is 0 Å². The minimum atomic E-state index is 0.164. The van der Waals surface area contributed by atoms with E-state index in [4.69, 9.17) is 10.5 Å². The lowest BCUT2D eigenvalue weighted by molar-refractivity contribution is -0.0794. The molecule has 3 nitrogen and oxygen atoms in total. The molecule has 88 valence electrons. The van der Waals surface area contributed by atoms with Crippen molar-refractivity contribution < 1.29 is 4.74 Å². The third-order valence-electron chi connectivity index (χ3n) is 3.75. The average Bonchev–Trinajstić information content (AvgIpc) is 2.26. The van der Waals surface area contributed by atoms with Gasteiger partial charge in [0.2, 0.25) is 0 Å². The van der Waals surface area contributed by atoms with Gasteiger partial charge >= 0.3 is 0 Å². The van der Waals surface area contributed by atoms with Crippen LogP contribution >= 0.6 is 0 Å². The van der Waals surface area contributed by atoms with Crippen LogP contribution in [0.25, 0.3) is 0 Å². The Morgan fingerprint density at radius 3 is 2.62 bits per heavy atom. The van der Waals surface area contributed by atoms with Gasteiger partial charge in [-0.25, -0.2) is 0 Å².